The molecule has 8 heteroatoms. The molecule has 2 aliphatic rings. The number of aryl methyl sites for hydroxylation is 1. The molecule has 1 fully saturated rings. The van der Waals surface area contributed by atoms with Crippen molar-refractivity contribution in [1.29, 1.82) is 0 Å². The number of fused-ring (bicyclic) bond motifs is 1. The number of piperazine rings is 1. The molecule has 6 nitrogen and oxygen atoms in total. The predicted octanol–water partition coefficient (Wildman–Crippen LogP) is 1.16. The Balaban J connectivity index is 1.95. The number of carbonyl (C=O) groups is 1. The number of carbonyl (C=O) groups excluding carboxylic acids is 1. The van der Waals surface area contributed by atoms with Crippen molar-refractivity contribution in [3.63, 3.8) is 0 Å². The minimum absolute atomic E-state index is 0.0934. The molecule has 0 aliphatic carbocycles. The fraction of sp³-hybridized carbons (Fsp3) is 0.500. The molecule has 0 atom stereocenters. The summed E-state index contributed by atoms with van der Waals surface area (Å²) < 4.78 is 27.0. The topological polar surface area (TPSA) is 69.7 Å². The van der Waals surface area contributed by atoms with E-state index in [1.54, 1.807) is 6.07 Å². The number of likely N-dealkylation sites (N-methyl/N-ethyl adjacent to an activating group) is 1. The normalized spacial score (nSPS) is 20.5. The first-order valence-electron chi connectivity index (χ1n) is 7.19. The average Bonchev–Trinajstić information content (AvgIpc) is 2.48. The number of halogens is 1. The number of hydrogen-bond acceptors (Lipinski definition) is 4. The van der Waals surface area contributed by atoms with Crippen LogP contribution in [0.1, 0.15) is 12.0 Å². The highest BCUT2D eigenvalue weighted by Gasteiger charge is 2.29. The van der Waals surface area contributed by atoms with E-state index in [2.05, 4.69) is 10.2 Å². The van der Waals surface area contributed by atoms with Crippen LogP contribution in [0.2, 0.25) is 5.02 Å². The molecule has 0 aromatic heterocycles. The van der Waals surface area contributed by atoms with Gasteiger partial charge in [0.1, 0.15) is 0 Å². The van der Waals surface area contributed by atoms with Crippen molar-refractivity contribution in [1.82, 2.24) is 9.21 Å². The summed E-state index contributed by atoms with van der Waals surface area (Å²) in [7, 11) is -1.57. The van der Waals surface area contributed by atoms with Gasteiger partial charge in [0.05, 0.1) is 15.6 Å². The van der Waals surface area contributed by atoms with Crippen LogP contribution in [-0.4, -0.2) is 56.8 Å². The monoisotopic (exact) mass is 343 g/mol. The van der Waals surface area contributed by atoms with Crippen molar-refractivity contribution in [3.8, 4) is 0 Å². The largest absolute Gasteiger partial charge is 0.325 e. The zero-order valence-corrected chi connectivity index (χ0v) is 13.9. The summed E-state index contributed by atoms with van der Waals surface area (Å²) in [5.41, 5.74) is 1.31. The Bertz CT molecular complexity index is 712. The van der Waals surface area contributed by atoms with Crippen LogP contribution in [-0.2, 0) is 21.2 Å². The zero-order valence-electron chi connectivity index (χ0n) is 12.3. The third kappa shape index (κ3) is 2.86. The van der Waals surface area contributed by atoms with Gasteiger partial charge in [-0.05, 0) is 31.2 Å². The van der Waals surface area contributed by atoms with Gasteiger partial charge in [0.15, 0.2) is 0 Å². The van der Waals surface area contributed by atoms with Crippen LogP contribution in [0.5, 0.6) is 0 Å². The number of amides is 1. The first-order valence-corrected chi connectivity index (χ1v) is 9.01. The number of anilines is 1. The summed E-state index contributed by atoms with van der Waals surface area (Å²) in [6.45, 7) is 2.39. The zero-order chi connectivity index (χ0) is 15.9. The maximum Gasteiger partial charge on any atom is 0.243 e. The van der Waals surface area contributed by atoms with E-state index in [9.17, 15) is 13.2 Å². The molecule has 1 aromatic rings. The minimum atomic E-state index is -3.55. The molecular formula is C14H18ClN3O3S. The van der Waals surface area contributed by atoms with E-state index in [0.29, 0.717) is 44.7 Å². The maximum absolute atomic E-state index is 12.8. The summed E-state index contributed by atoms with van der Waals surface area (Å²) in [5, 5.41) is 2.98. The summed E-state index contributed by atoms with van der Waals surface area (Å²) >= 11 is 6.17. The van der Waals surface area contributed by atoms with Crippen molar-refractivity contribution in [2.75, 3.05) is 38.5 Å². The summed E-state index contributed by atoms with van der Waals surface area (Å²) in [6.07, 6.45) is 0.855. The van der Waals surface area contributed by atoms with Crippen molar-refractivity contribution in [2.45, 2.75) is 17.7 Å². The summed E-state index contributed by atoms with van der Waals surface area (Å²) in [6, 6.07) is 3.06. The summed E-state index contributed by atoms with van der Waals surface area (Å²) in [5.74, 6) is -0.0934. The predicted molar refractivity (Wildman–Crippen MR) is 84.7 cm³/mol. The quantitative estimate of drug-likeness (QED) is 0.875. The summed E-state index contributed by atoms with van der Waals surface area (Å²) in [4.78, 5) is 13.7. The first kappa shape index (κ1) is 15.7. The third-order valence-corrected chi connectivity index (χ3v) is 6.31. The second-order valence-corrected chi connectivity index (χ2v) is 8.04. The molecule has 0 radical (unpaired) electrons. The lowest BCUT2D eigenvalue weighted by molar-refractivity contribution is -0.116. The number of hydrogen-bond donors (Lipinski definition) is 1. The van der Waals surface area contributed by atoms with Crippen LogP contribution < -0.4 is 5.32 Å². The van der Waals surface area contributed by atoms with Gasteiger partial charge < -0.3 is 10.2 Å². The Labute approximate surface area is 135 Å². The highest BCUT2D eigenvalue weighted by molar-refractivity contribution is 7.89. The Morgan fingerprint density at radius 2 is 1.82 bits per heavy atom. The van der Waals surface area contributed by atoms with E-state index in [1.807, 2.05) is 7.05 Å². The highest BCUT2D eigenvalue weighted by atomic mass is 35.5. The van der Waals surface area contributed by atoms with Crippen molar-refractivity contribution < 1.29 is 13.2 Å². The lowest BCUT2D eigenvalue weighted by Gasteiger charge is -2.32. The standard InChI is InChI=1S/C14H18ClN3O3S/c1-17-4-6-18(7-5-17)22(20,21)11-8-10-2-3-13(19)16-14(10)12(15)9-11/h8-9H,2-7H2,1H3,(H,16,19). The van der Waals surface area contributed by atoms with E-state index in [1.165, 1.54) is 10.4 Å². The second-order valence-electron chi connectivity index (χ2n) is 5.69. The lowest BCUT2D eigenvalue weighted by atomic mass is 10.0. The fourth-order valence-corrected chi connectivity index (χ4v) is 4.60. The molecule has 22 heavy (non-hydrogen) atoms. The van der Waals surface area contributed by atoms with Crippen LogP contribution in [0.3, 0.4) is 0 Å². The molecule has 0 saturated carbocycles. The number of nitrogens with zero attached hydrogens (tertiary/aromatic N) is 2. The van der Waals surface area contributed by atoms with Crippen molar-refractivity contribution >= 4 is 33.2 Å². The molecule has 0 bridgehead atoms. The first-order chi connectivity index (χ1) is 10.4. The fourth-order valence-electron chi connectivity index (χ4n) is 2.75. The molecule has 0 unspecified atom stereocenters. The van der Waals surface area contributed by atoms with Crippen molar-refractivity contribution in [2.24, 2.45) is 0 Å². The van der Waals surface area contributed by atoms with Crippen LogP contribution in [0.25, 0.3) is 0 Å². The number of nitrogens with one attached hydrogen (secondary N) is 1. The lowest BCUT2D eigenvalue weighted by Crippen LogP contribution is -2.47. The molecule has 3 rings (SSSR count). The van der Waals surface area contributed by atoms with E-state index in [4.69, 9.17) is 11.6 Å². The van der Waals surface area contributed by atoms with E-state index in [-0.39, 0.29) is 15.8 Å². The van der Waals surface area contributed by atoms with Gasteiger partial charge in [0.25, 0.3) is 0 Å². The molecule has 1 aromatic carbocycles. The van der Waals surface area contributed by atoms with Gasteiger partial charge in [0.2, 0.25) is 15.9 Å². The van der Waals surface area contributed by atoms with Crippen molar-refractivity contribution in [3.05, 3.63) is 22.7 Å². The van der Waals surface area contributed by atoms with Gasteiger partial charge in [-0.25, -0.2) is 8.42 Å². The SMILES string of the molecule is CN1CCN(S(=O)(=O)c2cc(Cl)c3c(c2)CCC(=O)N3)CC1. The van der Waals surface area contributed by atoms with Gasteiger partial charge in [-0.1, -0.05) is 11.6 Å². The average molecular weight is 344 g/mol. The number of rotatable bonds is 2. The second kappa shape index (κ2) is 5.81. The van der Waals surface area contributed by atoms with Crippen LogP contribution >= 0.6 is 11.6 Å². The minimum Gasteiger partial charge on any atom is -0.325 e. The number of sulfonamides is 1. The van der Waals surface area contributed by atoms with Gasteiger partial charge >= 0.3 is 0 Å². The Hall–Kier alpha value is -1.15. The highest BCUT2D eigenvalue weighted by Crippen LogP contribution is 2.34. The van der Waals surface area contributed by atoms with Crippen LogP contribution in [0.4, 0.5) is 5.69 Å². The molecule has 1 N–H and O–H groups in total. The molecule has 1 amide bonds. The van der Waals surface area contributed by atoms with Gasteiger partial charge in [0, 0.05) is 32.6 Å². The van der Waals surface area contributed by atoms with Crippen LogP contribution in [0, 0.1) is 0 Å². The van der Waals surface area contributed by atoms with Gasteiger partial charge in [-0.3, -0.25) is 4.79 Å². The van der Waals surface area contributed by atoms with E-state index < -0.39 is 10.0 Å². The molecule has 2 heterocycles. The molecule has 120 valence electrons. The van der Waals surface area contributed by atoms with Gasteiger partial charge in [-0.2, -0.15) is 4.31 Å². The third-order valence-electron chi connectivity index (χ3n) is 4.13. The molecule has 2 aliphatic heterocycles. The molecular weight excluding hydrogens is 326 g/mol. The number of benzene rings is 1. The van der Waals surface area contributed by atoms with E-state index >= 15 is 0 Å². The Morgan fingerprint density at radius 3 is 2.50 bits per heavy atom. The smallest absolute Gasteiger partial charge is 0.243 e. The van der Waals surface area contributed by atoms with Gasteiger partial charge in [-0.15, -0.1) is 0 Å². The Kier molecular flexibility index (Phi) is 4.15. The van der Waals surface area contributed by atoms with Crippen LogP contribution in [0.15, 0.2) is 17.0 Å². The maximum atomic E-state index is 12.8. The molecule has 1 saturated heterocycles. The molecule has 0 spiro atoms. The Morgan fingerprint density at radius 1 is 1.14 bits per heavy atom. The van der Waals surface area contributed by atoms with E-state index in [0.717, 1.165) is 5.56 Å².